The summed E-state index contributed by atoms with van der Waals surface area (Å²) in [5.41, 5.74) is 0.907. The van der Waals surface area contributed by atoms with Crippen molar-refractivity contribution in [3.8, 4) is 0 Å². The highest BCUT2D eigenvalue weighted by Crippen LogP contribution is 2.26. The third kappa shape index (κ3) is 2.10. The van der Waals surface area contributed by atoms with E-state index in [0.29, 0.717) is 11.2 Å². The molecule has 3 heterocycles. The first-order valence-electron chi connectivity index (χ1n) is 6.15. The molecule has 0 radical (unpaired) electrons. The van der Waals surface area contributed by atoms with E-state index in [9.17, 15) is 4.79 Å². The molecule has 4 nitrogen and oxygen atoms in total. The lowest BCUT2D eigenvalue weighted by Crippen LogP contribution is -2.20. The number of thiophene rings is 2. The third-order valence-electron chi connectivity index (χ3n) is 3.19. The summed E-state index contributed by atoms with van der Waals surface area (Å²) in [5, 5.41) is 6.94. The van der Waals surface area contributed by atoms with E-state index in [4.69, 9.17) is 0 Å². The van der Waals surface area contributed by atoms with Crippen LogP contribution in [0.3, 0.4) is 0 Å². The van der Waals surface area contributed by atoms with E-state index >= 15 is 0 Å². The van der Waals surface area contributed by atoms with Crippen molar-refractivity contribution < 1.29 is 0 Å². The molecule has 0 N–H and O–H groups in total. The summed E-state index contributed by atoms with van der Waals surface area (Å²) >= 11 is 3.14. The van der Waals surface area contributed by atoms with Crippen LogP contribution in [0.5, 0.6) is 0 Å². The van der Waals surface area contributed by atoms with Crippen LogP contribution in [0.25, 0.3) is 10.2 Å². The third-order valence-corrected chi connectivity index (χ3v) is 5.09. The quantitative estimate of drug-likeness (QED) is 0.682. The fourth-order valence-electron chi connectivity index (χ4n) is 2.00. The molecule has 0 aliphatic heterocycles. The highest BCUT2D eigenvalue weighted by atomic mass is 32.1. The molecule has 0 aromatic carbocycles. The van der Waals surface area contributed by atoms with Crippen molar-refractivity contribution in [1.29, 1.82) is 0 Å². The van der Waals surface area contributed by atoms with E-state index < -0.39 is 0 Å². The van der Waals surface area contributed by atoms with Crippen molar-refractivity contribution in [3.63, 3.8) is 0 Å². The molecule has 0 atom stereocenters. The van der Waals surface area contributed by atoms with Crippen LogP contribution >= 0.6 is 22.7 Å². The van der Waals surface area contributed by atoms with Gasteiger partial charge in [0.2, 0.25) is 0 Å². The first-order valence-corrected chi connectivity index (χ1v) is 7.84. The summed E-state index contributed by atoms with van der Waals surface area (Å²) < 4.78 is 1.38. The van der Waals surface area contributed by atoms with Crippen molar-refractivity contribution in [2.75, 3.05) is 0 Å². The second kappa shape index (κ2) is 4.96. The van der Waals surface area contributed by atoms with Crippen molar-refractivity contribution in [1.82, 2.24) is 9.66 Å². The van der Waals surface area contributed by atoms with Gasteiger partial charge in [0.25, 0.3) is 5.56 Å². The molecule has 6 heteroatoms. The number of hydrogen-bond donors (Lipinski definition) is 0. The topological polar surface area (TPSA) is 47.2 Å². The maximum absolute atomic E-state index is 12.6. The summed E-state index contributed by atoms with van der Waals surface area (Å²) in [4.78, 5) is 20.0. The Kier molecular flexibility index (Phi) is 3.27. The molecule has 3 rings (SSSR count). The molecule has 0 unspecified atom stereocenters. The van der Waals surface area contributed by atoms with Gasteiger partial charge in [-0.25, -0.2) is 4.98 Å². The predicted octanol–water partition coefficient (Wildman–Crippen LogP) is 3.33. The normalized spacial score (nSPS) is 11.8. The van der Waals surface area contributed by atoms with Gasteiger partial charge in [-0.3, -0.25) is 4.79 Å². The van der Waals surface area contributed by atoms with Crippen LogP contribution in [0.2, 0.25) is 0 Å². The SMILES string of the molecule is Cc1sc2nc(C)n(/N=C/c3cccs3)c(=O)c2c1C. The average molecular weight is 303 g/mol. The zero-order valence-electron chi connectivity index (χ0n) is 11.4. The number of aromatic nitrogens is 2. The summed E-state index contributed by atoms with van der Waals surface area (Å²) in [6.45, 7) is 5.77. The molecule has 20 heavy (non-hydrogen) atoms. The molecule has 0 saturated carbocycles. The highest BCUT2D eigenvalue weighted by Gasteiger charge is 2.13. The summed E-state index contributed by atoms with van der Waals surface area (Å²) in [6.07, 6.45) is 1.70. The average Bonchev–Trinajstić information content (AvgIpc) is 2.99. The zero-order chi connectivity index (χ0) is 14.3. The molecule has 102 valence electrons. The minimum absolute atomic E-state index is 0.0952. The van der Waals surface area contributed by atoms with Crippen LogP contribution in [0.15, 0.2) is 27.4 Å². The van der Waals surface area contributed by atoms with E-state index in [-0.39, 0.29) is 5.56 Å². The Bertz CT molecular complexity index is 857. The van der Waals surface area contributed by atoms with E-state index in [1.165, 1.54) is 4.68 Å². The standard InChI is InChI=1S/C14H13N3OS2/c1-8-9(2)20-13-12(8)14(18)17(10(3)16-13)15-7-11-5-4-6-19-11/h4-7H,1-3H3/b15-7+. The second-order valence-corrected chi connectivity index (χ2v) is 6.68. The van der Waals surface area contributed by atoms with Gasteiger partial charge in [0.15, 0.2) is 0 Å². The van der Waals surface area contributed by atoms with Crippen LogP contribution in [0.1, 0.15) is 21.1 Å². The van der Waals surface area contributed by atoms with Gasteiger partial charge < -0.3 is 0 Å². The molecule has 3 aromatic rings. The van der Waals surface area contributed by atoms with E-state index in [0.717, 1.165) is 20.1 Å². The fourth-order valence-corrected chi connectivity index (χ4v) is 3.65. The first-order chi connectivity index (χ1) is 9.58. The Morgan fingerprint density at radius 2 is 2.15 bits per heavy atom. The van der Waals surface area contributed by atoms with Gasteiger partial charge in [-0.2, -0.15) is 9.78 Å². The summed E-state index contributed by atoms with van der Waals surface area (Å²) in [5.74, 6) is 0.608. The van der Waals surface area contributed by atoms with Gasteiger partial charge in [-0.1, -0.05) is 6.07 Å². The summed E-state index contributed by atoms with van der Waals surface area (Å²) in [6, 6.07) is 3.91. The molecule has 0 bridgehead atoms. The predicted molar refractivity (Wildman–Crippen MR) is 85.4 cm³/mol. The first kappa shape index (κ1) is 13.2. The maximum atomic E-state index is 12.6. The number of fused-ring (bicyclic) bond motifs is 1. The second-order valence-electron chi connectivity index (χ2n) is 4.50. The fraction of sp³-hybridized carbons (Fsp3) is 0.214. The van der Waals surface area contributed by atoms with Gasteiger partial charge >= 0.3 is 0 Å². The Balaban J connectivity index is 2.21. The molecule has 0 spiro atoms. The van der Waals surface area contributed by atoms with Gasteiger partial charge in [-0.05, 0) is 37.8 Å². The van der Waals surface area contributed by atoms with Crippen LogP contribution in [0.4, 0.5) is 0 Å². The smallest absolute Gasteiger partial charge is 0.267 e. The minimum atomic E-state index is -0.0952. The molecular weight excluding hydrogens is 290 g/mol. The Morgan fingerprint density at radius 1 is 1.35 bits per heavy atom. The monoisotopic (exact) mass is 303 g/mol. The lowest BCUT2D eigenvalue weighted by molar-refractivity contribution is 0.772. The Labute approximate surface area is 124 Å². The van der Waals surface area contributed by atoms with E-state index in [1.54, 1.807) is 35.8 Å². The number of hydrogen-bond acceptors (Lipinski definition) is 5. The maximum Gasteiger partial charge on any atom is 0.283 e. The van der Waals surface area contributed by atoms with Gasteiger partial charge in [0, 0.05) is 9.75 Å². The minimum Gasteiger partial charge on any atom is -0.267 e. The molecule has 3 aromatic heterocycles. The molecule has 0 aliphatic rings. The van der Waals surface area contributed by atoms with E-state index in [2.05, 4.69) is 10.1 Å². The number of nitrogens with zero attached hydrogens (tertiary/aromatic N) is 3. The molecule has 0 fully saturated rings. The van der Waals surface area contributed by atoms with Crippen LogP contribution < -0.4 is 5.56 Å². The van der Waals surface area contributed by atoms with Crippen molar-refractivity contribution in [2.24, 2.45) is 5.10 Å². The highest BCUT2D eigenvalue weighted by molar-refractivity contribution is 7.18. The summed E-state index contributed by atoms with van der Waals surface area (Å²) in [7, 11) is 0. The van der Waals surface area contributed by atoms with Crippen LogP contribution in [-0.2, 0) is 0 Å². The number of aryl methyl sites for hydroxylation is 3. The van der Waals surface area contributed by atoms with Crippen molar-refractivity contribution in [2.45, 2.75) is 20.8 Å². The van der Waals surface area contributed by atoms with Gasteiger partial charge in [-0.15, -0.1) is 22.7 Å². The van der Waals surface area contributed by atoms with Crippen molar-refractivity contribution >= 4 is 39.1 Å². The Hall–Kier alpha value is -1.79. The molecule has 0 saturated heterocycles. The lowest BCUT2D eigenvalue weighted by Gasteiger charge is -2.02. The van der Waals surface area contributed by atoms with Crippen LogP contribution in [-0.4, -0.2) is 15.9 Å². The molecule has 0 aliphatic carbocycles. The van der Waals surface area contributed by atoms with Gasteiger partial charge in [0.05, 0.1) is 11.6 Å². The van der Waals surface area contributed by atoms with Gasteiger partial charge in [0.1, 0.15) is 10.7 Å². The zero-order valence-corrected chi connectivity index (χ0v) is 13.0. The van der Waals surface area contributed by atoms with E-state index in [1.807, 2.05) is 31.4 Å². The Morgan fingerprint density at radius 3 is 2.85 bits per heavy atom. The van der Waals surface area contributed by atoms with Crippen molar-refractivity contribution in [3.05, 3.63) is 49.0 Å². The van der Waals surface area contributed by atoms with Crippen LogP contribution in [0, 0.1) is 20.8 Å². The number of rotatable bonds is 2. The molecule has 0 amide bonds. The largest absolute Gasteiger partial charge is 0.283 e. The lowest BCUT2D eigenvalue weighted by atomic mass is 10.2. The molecular formula is C14H13N3OS2.